The van der Waals surface area contributed by atoms with Gasteiger partial charge in [-0.2, -0.15) is 0 Å². The predicted molar refractivity (Wildman–Crippen MR) is 124 cm³/mol. The fourth-order valence-electron chi connectivity index (χ4n) is 2.87. The molecule has 1 aliphatic rings. The summed E-state index contributed by atoms with van der Waals surface area (Å²) in [6.45, 7) is 4.68. The second-order valence-electron chi connectivity index (χ2n) is 6.69. The highest BCUT2D eigenvalue weighted by molar-refractivity contribution is 14.0. The lowest BCUT2D eigenvalue weighted by Crippen LogP contribution is -2.37. The van der Waals surface area contributed by atoms with E-state index in [1.54, 1.807) is 19.2 Å². The smallest absolute Gasteiger partial charge is 0.240 e. The van der Waals surface area contributed by atoms with Gasteiger partial charge in [-0.3, -0.25) is 4.99 Å². The monoisotopic (exact) mass is 524 g/mol. The number of hydrogen-bond acceptors (Lipinski definition) is 4. The minimum atomic E-state index is -3.50. The third-order valence-corrected chi connectivity index (χ3v) is 5.95. The summed E-state index contributed by atoms with van der Waals surface area (Å²) in [7, 11) is -1.76. The van der Waals surface area contributed by atoms with Gasteiger partial charge in [0.15, 0.2) is 5.96 Å². The number of nitrogens with zero attached hydrogens (tertiary/aromatic N) is 1. The van der Waals surface area contributed by atoms with Crippen LogP contribution in [0.4, 0.5) is 0 Å². The Bertz CT molecular complexity index is 690. The van der Waals surface area contributed by atoms with Crippen molar-refractivity contribution in [3.8, 4) is 0 Å². The molecule has 0 bridgehead atoms. The fourth-order valence-corrected chi connectivity index (χ4v) is 3.93. The van der Waals surface area contributed by atoms with E-state index < -0.39 is 10.0 Å². The van der Waals surface area contributed by atoms with Gasteiger partial charge in [-0.05, 0) is 37.0 Å². The Labute approximate surface area is 186 Å². The second kappa shape index (κ2) is 13.3. The molecule has 7 nitrogen and oxygen atoms in total. The quantitative estimate of drug-likeness (QED) is 0.190. The molecule has 0 radical (unpaired) electrons. The zero-order valence-electron chi connectivity index (χ0n) is 16.7. The van der Waals surface area contributed by atoms with Crippen LogP contribution in [0.5, 0.6) is 0 Å². The van der Waals surface area contributed by atoms with Crippen LogP contribution in [0.3, 0.4) is 0 Å². The van der Waals surface area contributed by atoms with Crippen LogP contribution in [0, 0.1) is 0 Å². The van der Waals surface area contributed by atoms with Gasteiger partial charge >= 0.3 is 0 Å². The van der Waals surface area contributed by atoms with Crippen LogP contribution in [0.1, 0.15) is 44.6 Å². The highest BCUT2D eigenvalue weighted by atomic mass is 127. The Kier molecular flexibility index (Phi) is 12.0. The van der Waals surface area contributed by atoms with Crippen LogP contribution in [0.2, 0.25) is 0 Å². The molecule has 1 aromatic carbocycles. The van der Waals surface area contributed by atoms with E-state index in [1.807, 2.05) is 12.1 Å². The van der Waals surface area contributed by atoms with Gasteiger partial charge in [-0.15, -0.1) is 24.0 Å². The molecule has 0 saturated carbocycles. The molecule has 160 valence electrons. The third kappa shape index (κ3) is 8.62. The average Bonchev–Trinajstić information content (AvgIpc) is 3.20. The molecular weight excluding hydrogens is 491 g/mol. The van der Waals surface area contributed by atoms with Gasteiger partial charge < -0.3 is 15.4 Å². The summed E-state index contributed by atoms with van der Waals surface area (Å²) >= 11 is 0. The van der Waals surface area contributed by atoms with Gasteiger partial charge in [-0.25, -0.2) is 13.1 Å². The average molecular weight is 524 g/mol. The van der Waals surface area contributed by atoms with Crippen molar-refractivity contribution in [3.05, 3.63) is 29.8 Å². The van der Waals surface area contributed by atoms with Crippen LogP contribution < -0.4 is 15.4 Å². The molecule has 0 amide bonds. The summed E-state index contributed by atoms with van der Waals surface area (Å²) in [5.41, 5.74) is 0.990. The Morgan fingerprint density at radius 1 is 1.21 bits per heavy atom. The van der Waals surface area contributed by atoms with Crippen molar-refractivity contribution in [2.45, 2.75) is 56.6 Å². The van der Waals surface area contributed by atoms with Crippen molar-refractivity contribution in [2.24, 2.45) is 4.99 Å². The summed E-state index contributed by atoms with van der Waals surface area (Å²) in [6.07, 6.45) is 5.38. The molecular formula is C19H33IN4O3S. The SMILES string of the molecule is CCCCCNC(=NC)NCc1ccc(S(=O)(=O)NCC2CCCO2)cc1.I. The van der Waals surface area contributed by atoms with Crippen molar-refractivity contribution >= 4 is 40.0 Å². The second-order valence-corrected chi connectivity index (χ2v) is 8.46. The number of sulfonamides is 1. The maximum Gasteiger partial charge on any atom is 0.240 e. The maximum atomic E-state index is 12.4. The van der Waals surface area contributed by atoms with E-state index >= 15 is 0 Å². The Balaban J connectivity index is 0.00000392. The first-order valence-corrected chi connectivity index (χ1v) is 11.2. The van der Waals surface area contributed by atoms with Crippen LogP contribution in [0.25, 0.3) is 0 Å². The van der Waals surface area contributed by atoms with Crippen LogP contribution in [0.15, 0.2) is 34.2 Å². The van der Waals surface area contributed by atoms with Gasteiger partial charge in [-0.1, -0.05) is 31.9 Å². The minimum Gasteiger partial charge on any atom is -0.377 e. The molecule has 1 aliphatic heterocycles. The van der Waals surface area contributed by atoms with Gasteiger partial charge in [0.25, 0.3) is 0 Å². The normalized spacial score (nSPS) is 17.2. The van der Waals surface area contributed by atoms with Crippen LogP contribution >= 0.6 is 24.0 Å². The third-order valence-electron chi connectivity index (χ3n) is 4.52. The number of ether oxygens (including phenoxy) is 1. The molecule has 1 unspecified atom stereocenters. The molecule has 1 atom stereocenters. The maximum absolute atomic E-state index is 12.4. The van der Waals surface area contributed by atoms with Gasteiger partial charge in [0.05, 0.1) is 11.0 Å². The summed E-state index contributed by atoms with van der Waals surface area (Å²) in [5.74, 6) is 0.751. The van der Waals surface area contributed by atoms with Crippen molar-refractivity contribution < 1.29 is 13.2 Å². The standard InChI is InChI=1S/C19H32N4O3S.HI/c1-3-4-5-12-21-19(20-2)22-14-16-8-10-18(11-9-16)27(24,25)23-15-17-7-6-13-26-17;/h8-11,17,23H,3-7,12-15H2,1-2H3,(H2,20,21,22);1H. The number of halogens is 1. The molecule has 0 aliphatic carbocycles. The number of rotatable bonds is 10. The molecule has 0 spiro atoms. The predicted octanol–water partition coefficient (Wildman–Crippen LogP) is 2.62. The topological polar surface area (TPSA) is 91.8 Å². The number of benzene rings is 1. The lowest BCUT2D eigenvalue weighted by molar-refractivity contribution is 0.114. The number of nitrogens with one attached hydrogen (secondary N) is 3. The summed E-state index contributed by atoms with van der Waals surface area (Å²) in [4.78, 5) is 4.47. The largest absolute Gasteiger partial charge is 0.377 e. The molecule has 1 heterocycles. The Morgan fingerprint density at radius 2 is 1.96 bits per heavy atom. The van der Waals surface area contributed by atoms with Crippen molar-refractivity contribution in [2.75, 3.05) is 26.7 Å². The summed E-state index contributed by atoms with van der Waals surface area (Å²) < 4.78 is 32.8. The van der Waals surface area contributed by atoms with E-state index in [0.29, 0.717) is 19.7 Å². The first-order valence-electron chi connectivity index (χ1n) is 9.70. The molecule has 1 fully saturated rings. The van der Waals surface area contributed by atoms with E-state index in [-0.39, 0.29) is 35.0 Å². The molecule has 2 rings (SSSR count). The Morgan fingerprint density at radius 3 is 2.57 bits per heavy atom. The first-order chi connectivity index (χ1) is 13.0. The number of guanidine groups is 1. The zero-order chi connectivity index (χ0) is 19.5. The van der Waals surface area contributed by atoms with Crippen LogP contribution in [-0.4, -0.2) is 47.2 Å². The molecule has 28 heavy (non-hydrogen) atoms. The van der Waals surface area contributed by atoms with E-state index in [2.05, 4.69) is 27.3 Å². The van der Waals surface area contributed by atoms with Crippen molar-refractivity contribution in [3.63, 3.8) is 0 Å². The highest BCUT2D eigenvalue weighted by Crippen LogP contribution is 2.14. The lowest BCUT2D eigenvalue weighted by atomic mass is 10.2. The van der Waals surface area contributed by atoms with Gasteiger partial charge in [0, 0.05) is 33.3 Å². The molecule has 0 aromatic heterocycles. The molecule has 9 heteroatoms. The Hall–Kier alpha value is -0.910. The molecule has 3 N–H and O–H groups in total. The minimum absolute atomic E-state index is 0. The van der Waals surface area contributed by atoms with E-state index in [9.17, 15) is 8.42 Å². The number of hydrogen-bond donors (Lipinski definition) is 3. The van der Waals surface area contributed by atoms with E-state index in [0.717, 1.165) is 37.3 Å². The fraction of sp³-hybridized carbons (Fsp3) is 0.632. The highest BCUT2D eigenvalue weighted by Gasteiger charge is 2.20. The summed E-state index contributed by atoms with van der Waals surface area (Å²) in [5, 5.41) is 6.52. The van der Waals surface area contributed by atoms with E-state index in [4.69, 9.17) is 4.74 Å². The number of unbranched alkanes of at least 4 members (excludes halogenated alkanes) is 2. The molecule has 1 saturated heterocycles. The zero-order valence-corrected chi connectivity index (χ0v) is 19.9. The summed E-state index contributed by atoms with van der Waals surface area (Å²) in [6, 6.07) is 6.90. The number of aliphatic imine (C=N–C) groups is 1. The van der Waals surface area contributed by atoms with Gasteiger partial charge in [0.2, 0.25) is 10.0 Å². The lowest BCUT2D eigenvalue weighted by Gasteiger charge is -2.13. The molecule has 1 aromatic rings. The van der Waals surface area contributed by atoms with Gasteiger partial charge in [0.1, 0.15) is 0 Å². The van der Waals surface area contributed by atoms with Crippen LogP contribution in [-0.2, 0) is 21.3 Å². The van der Waals surface area contributed by atoms with Crippen molar-refractivity contribution in [1.82, 2.24) is 15.4 Å². The first kappa shape index (κ1) is 25.1. The van der Waals surface area contributed by atoms with Crippen molar-refractivity contribution in [1.29, 1.82) is 0 Å². The van der Waals surface area contributed by atoms with E-state index in [1.165, 1.54) is 12.8 Å².